The van der Waals surface area contributed by atoms with Crippen molar-refractivity contribution in [3.8, 4) is 0 Å². The number of hydrogen-bond acceptors (Lipinski definition) is 2. The number of aromatic nitrogens is 1. The molecule has 1 nitrogen and oxygen atoms in total. The SMILES string of the molecule is CC(=Cc1nc(C)cs1)c1ccccc1. The molecule has 0 fully saturated rings. The van der Waals surface area contributed by atoms with E-state index in [0.29, 0.717) is 0 Å². The molecule has 2 rings (SSSR count). The van der Waals surface area contributed by atoms with E-state index in [-0.39, 0.29) is 0 Å². The third-order valence-electron chi connectivity index (χ3n) is 2.21. The van der Waals surface area contributed by atoms with E-state index >= 15 is 0 Å². The molecule has 76 valence electrons. The fourth-order valence-corrected chi connectivity index (χ4v) is 2.19. The van der Waals surface area contributed by atoms with Gasteiger partial charge in [-0.05, 0) is 31.1 Å². The van der Waals surface area contributed by atoms with Crippen molar-refractivity contribution < 1.29 is 0 Å². The zero-order valence-electron chi connectivity index (χ0n) is 8.90. The number of nitrogens with zero attached hydrogens (tertiary/aromatic N) is 1. The number of thiazole rings is 1. The average molecular weight is 215 g/mol. The molecule has 0 saturated heterocycles. The van der Waals surface area contributed by atoms with Crippen LogP contribution < -0.4 is 0 Å². The maximum Gasteiger partial charge on any atom is 0.116 e. The average Bonchev–Trinajstić information content (AvgIpc) is 2.65. The van der Waals surface area contributed by atoms with Crippen LogP contribution >= 0.6 is 11.3 Å². The number of rotatable bonds is 2. The molecule has 0 N–H and O–H groups in total. The van der Waals surface area contributed by atoms with Gasteiger partial charge < -0.3 is 0 Å². The van der Waals surface area contributed by atoms with Gasteiger partial charge >= 0.3 is 0 Å². The number of hydrogen-bond donors (Lipinski definition) is 0. The van der Waals surface area contributed by atoms with Crippen molar-refractivity contribution in [1.29, 1.82) is 0 Å². The van der Waals surface area contributed by atoms with E-state index in [0.717, 1.165) is 10.7 Å². The first-order valence-electron chi connectivity index (χ1n) is 4.91. The molecular formula is C13H13NS. The van der Waals surface area contributed by atoms with E-state index in [1.54, 1.807) is 11.3 Å². The predicted molar refractivity (Wildman–Crippen MR) is 66.8 cm³/mol. The van der Waals surface area contributed by atoms with Crippen LogP contribution in [0.5, 0.6) is 0 Å². The van der Waals surface area contributed by atoms with Gasteiger partial charge in [-0.1, -0.05) is 30.3 Å². The summed E-state index contributed by atoms with van der Waals surface area (Å²) in [5.41, 5.74) is 3.60. The summed E-state index contributed by atoms with van der Waals surface area (Å²) in [6, 6.07) is 10.4. The standard InChI is InChI=1S/C13H13NS/c1-10(12-6-4-3-5-7-12)8-13-14-11(2)9-15-13/h3-9H,1-2H3. The zero-order chi connectivity index (χ0) is 10.7. The van der Waals surface area contributed by atoms with Crippen LogP contribution in [0.4, 0.5) is 0 Å². The van der Waals surface area contributed by atoms with E-state index in [1.165, 1.54) is 11.1 Å². The summed E-state index contributed by atoms with van der Waals surface area (Å²) >= 11 is 1.69. The smallest absolute Gasteiger partial charge is 0.116 e. The van der Waals surface area contributed by atoms with Crippen LogP contribution in [0.1, 0.15) is 23.2 Å². The molecule has 0 unspecified atom stereocenters. The predicted octanol–water partition coefficient (Wildman–Crippen LogP) is 4.01. The second kappa shape index (κ2) is 4.41. The van der Waals surface area contributed by atoms with Gasteiger partial charge in [0.25, 0.3) is 0 Å². The van der Waals surface area contributed by atoms with Gasteiger partial charge in [-0.3, -0.25) is 0 Å². The number of aryl methyl sites for hydroxylation is 1. The highest BCUT2D eigenvalue weighted by Gasteiger charge is 1.97. The lowest BCUT2D eigenvalue weighted by atomic mass is 10.1. The van der Waals surface area contributed by atoms with Crippen molar-refractivity contribution in [2.75, 3.05) is 0 Å². The highest BCUT2D eigenvalue weighted by Crippen LogP contribution is 2.19. The molecule has 0 aliphatic heterocycles. The molecular weight excluding hydrogens is 202 g/mol. The van der Waals surface area contributed by atoms with Gasteiger partial charge in [0.15, 0.2) is 0 Å². The van der Waals surface area contributed by atoms with Crippen LogP contribution in [-0.4, -0.2) is 4.98 Å². The number of benzene rings is 1. The monoisotopic (exact) mass is 215 g/mol. The Kier molecular flexibility index (Phi) is 2.97. The largest absolute Gasteiger partial charge is 0.242 e. The van der Waals surface area contributed by atoms with E-state index in [2.05, 4.69) is 47.6 Å². The first-order chi connectivity index (χ1) is 7.25. The Hall–Kier alpha value is -1.41. The summed E-state index contributed by atoms with van der Waals surface area (Å²) in [6.45, 7) is 4.14. The van der Waals surface area contributed by atoms with Crippen molar-refractivity contribution in [2.24, 2.45) is 0 Å². The molecule has 0 amide bonds. The summed E-state index contributed by atoms with van der Waals surface area (Å²) in [6.07, 6.45) is 2.13. The molecule has 0 bridgehead atoms. The lowest BCUT2D eigenvalue weighted by molar-refractivity contribution is 1.25. The number of allylic oxidation sites excluding steroid dienone is 1. The fraction of sp³-hybridized carbons (Fsp3) is 0.154. The molecule has 0 saturated carbocycles. The molecule has 0 aliphatic carbocycles. The Morgan fingerprint density at radius 3 is 2.60 bits per heavy atom. The van der Waals surface area contributed by atoms with Gasteiger partial charge in [0, 0.05) is 11.1 Å². The van der Waals surface area contributed by atoms with Crippen molar-refractivity contribution in [2.45, 2.75) is 13.8 Å². The van der Waals surface area contributed by atoms with Gasteiger partial charge in [0.2, 0.25) is 0 Å². The molecule has 0 radical (unpaired) electrons. The second-order valence-corrected chi connectivity index (χ2v) is 4.41. The Bertz CT molecular complexity index is 468. The summed E-state index contributed by atoms with van der Waals surface area (Å²) in [5, 5.41) is 3.15. The zero-order valence-corrected chi connectivity index (χ0v) is 9.71. The quantitative estimate of drug-likeness (QED) is 0.737. The summed E-state index contributed by atoms with van der Waals surface area (Å²) in [7, 11) is 0. The van der Waals surface area contributed by atoms with E-state index < -0.39 is 0 Å². The lowest BCUT2D eigenvalue weighted by Crippen LogP contribution is -1.78. The van der Waals surface area contributed by atoms with Crippen molar-refractivity contribution >= 4 is 23.0 Å². The Balaban J connectivity index is 2.28. The van der Waals surface area contributed by atoms with Crippen LogP contribution in [-0.2, 0) is 0 Å². The molecule has 1 aromatic heterocycles. The Morgan fingerprint density at radius 2 is 2.00 bits per heavy atom. The van der Waals surface area contributed by atoms with Crippen LogP contribution in [0.25, 0.3) is 11.6 Å². The third kappa shape index (κ3) is 2.54. The second-order valence-electron chi connectivity index (χ2n) is 3.52. The lowest BCUT2D eigenvalue weighted by Gasteiger charge is -1.98. The summed E-state index contributed by atoms with van der Waals surface area (Å²) < 4.78 is 0. The van der Waals surface area contributed by atoms with Gasteiger partial charge in [-0.25, -0.2) is 4.98 Å². The molecule has 0 spiro atoms. The molecule has 0 aliphatic rings. The maximum absolute atomic E-state index is 4.42. The Morgan fingerprint density at radius 1 is 1.27 bits per heavy atom. The first kappa shape index (κ1) is 10.1. The molecule has 2 heteroatoms. The molecule has 1 aromatic carbocycles. The molecule has 1 heterocycles. The van der Waals surface area contributed by atoms with Gasteiger partial charge in [-0.15, -0.1) is 11.3 Å². The van der Waals surface area contributed by atoms with Gasteiger partial charge in [-0.2, -0.15) is 0 Å². The van der Waals surface area contributed by atoms with Crippen LogP contribution in [0.3, 0.4) is 0 Å². The fourth-order valence-electron chi connectivity index (χ4n) is 1.41. The Labute approximate surface area is 94.1 Å². The van der Waals surface area contributed by atoms with Crippen molar-refractivity contribution in [3.63, 3.8) is 0 Å². The van der Waals surface area contributed by atoms with Crippen LogP contribution in [0, 0.1) is 6.92 Å². The van der Waals surface area contributed by atoms with E-state index in [1.807, 2.05) is 13.0 Å². The first-order valence-corrected chi connectivity index (χ1v) is 5.79. The highest BCUT2D eigenvalue weighted by molar-refractivity contribution is 7.10. The topological polar surface area (TPSA) is 12.9 Å². The van der Waals surface area contributed by atoms with Crippen molar-refractivity contribution in [3.05, 3.63) is 52.0 Å². The molecule has 2 aromatic rings. The summed E-state index contributed by atoms with van der Waals surface area (Å²) in [4.78, 5) is 4.42. The van der Waals surface area contributed by atoms with Gasteiger partial charge in [0.1, 0.15) is 5.01 Å². The highest BCUT2D eigenvalue weighted by atomic mass is 32.1. The minimum Gasteiger partial charge on any atom is -0.242 e. The van der Waals surface area contributed by atoms with E-state index in [9.17, 15) is 0 Å². The third-order valence-corrected chi connectivity index (χ3v) is 3.12. The molecule has 0 atom stereocenters. The normalized spacial score (nSPS) is 11.7. The maximum atomic E-state index is 4.42. The van der Waals surface area contributed by atoms with Crippen LogP contribution in [0.15, 0.2) is 35.7 Å². The van der Waals surface area contributed by atoms with Gasteiger partial charge in [0.05, 0.1) is 0 Å². The van der Waals surface area contributed by atoms with Crippen LogP contribution in [0.2, 0.25) is 0 Å². The van der Waals surface area contributed by atoms with E-state index in [4.69, 9.17) is 0 Å². The summed E-state index contributed by atoms with van der Waals surface area (Å²) in [5.74, 6) is 0. The molecule has 15 heavy (non-hydrogen) atoms. The van der Waals surface area contributed by atoms with Crippen molar-refractivity contribution in [1.82, 2.24) is 4.98 Å². The minimum absolute atomic E-state index is 1.08. The minimum atomic E-state index is 1.08.